The van der Waals surface area contributed by atoms with Gasteiger partial charge in [-0.3, -0.25) is 0 Å². The van der Waals surface area contributed by atoms with Crippen molar-refractivity contribution in [1.82, 2.24) is 4.72 Å². The molecule has 5 heteroatoms. The van der Waals surface area contributed by atoms with E-state index in [0.29, 0.717) is 0 Å². The van der Waals surface area contributed by atoms with E-state index in [1.165, 1.54) is 18.2 Å². The fourth-order valence-corrected chi connectivity index (χ4v) is 2.53. The van der Waals surface area contributed by atoms with E-state index >= 15 is 0 Å². The highest BCUT2D eigenvalue weighted by atomic mass is 32.2. The Morgan fingerprint density at radius 2 is 1.93 bits per heavy atom. The molecule has 1 aliphatic carbocycles. The summed E-state index contributed by atoms with van der Waals surface area (Å²) < 4.78 is 38.7. The zero-order chi connectivity index (χ0) is 10.2. The summed E-state index contributed by atoms with van der Waals surface area (Å²) in [5.74, 6) is -0.708. The van der Waals surface area contributed by atoms with Gasteiger partial charge in [0.25, 0.3) is 0 Å². The van der Waals surface area contributed by atoms with Crippen LogP contribution in [0.3, 0.4) is 0 Å². The van der Waals surface area contributed by atoms with Crippen LogP contribution in [0.4, 0.5) is 4.39 Å². The molecule has 1 aliphatic rings. The molecule has 0 bridgehead atoms. The van der Waals surface area contributed by atoms with Crippen molar-refractivity contribution < 1.29 is 12.8 Å². The second kappa shape index (κ2) is 3.33. The van der Waals surface area contributed by atoms with Gasteiger partial charge in [0.1, 0.15) is 10.7 Å². The molecule has 0 atom stereocenters. The first kappa shape index (κ1) is 9.61. The molecule has 1 N–H and O–H groups in total. The molecular weight excluding hydrogens is 205 g/mol. The first-order chi connectivity index (χ1) is 6.59. The summed E-state index contributed by atoms with van der Waals surface area (Å²) in [5.41, 5.74) is 0. The predicted molar refractivity (Wildman–Crippen MR) is 49.7 cm³/mol. The van der Waals surface area contributed by atoms with Gasteiger partial charge in [-0.15, -0.1) is 0 Å². The molecule has 2 rings (SSSR count). The van der Waals surface area contributed by atoms with E-state index in [1.54, 1.807) is 0 Å². The first-order valence-electron chi connectivity index (χ1n) is 4.36. The van der Waals surface area contributed by atoms with E-state index in [9.17, 15) is 12.8 Å². The fourth-order valence-electron chi connectivity index (χ4n) is 1.15. The number of halogens is 1. The van der Waals surface area contributed by atoms with Crippen molar-refractivity contribution in [2.24, 2.45) is 0 Å². The smallest absolute Gasteiger partial charge is 0.208 e. The number of hydrogen-bond acceptors (Lipinski definition) is 2. The minimum absolute atomic E-state index is 0.000365. The SMILES string of the molecule is O=S(=O)(NC1CC1)c1ccccc1F. The maximum absolute atomic E-state index is 13.1. The molecule has 0 amide bonds. The molecule has 3 nitrogen and oxygen atoms in total. The van der Waals surface area contributed by atoms with Gasteiger partial charge in [-0.05, 0) is 25.0 Å². The second-order valence-corrected chi connectivity index (χ2v) is 5.01. The summed E-state index contributed by atoms with van der Waals surface area (Å²) in [4.78, 5) is -0.271. The lowest BCUT2D eigenvalue weighted by Crippen LogP contribution is -2.26. The first-order valence-corrected chi connectivity index (χ1v) is 5.85. The molecule has 1 aromatic rings. The Balaban J connectivity index is 2.33. The lowest BCUT2D eigenvalue weighted by molar-refractivity contribution is 0.556. The van der Waals surface area contributed by atoms with Crippen LogP contribution in [0.25, 0.3) is 0 Å². The van der Waals surface area contributed by atoms with E-state index in [2.05, 4.69) is 4.72 Å². The Morgan fingerprint density at radius 1 is 1.29 bits per heavy atom. The minimum Gasteiger partial charge on any atom is -0.208 e. The number of rotatable bonds is 3. The molecule has 0 aliphatic heterocycles. The molecule has 1 fully saturated rings. The largest absolute Gasteiger partial charge is 0.243 e. The Morgan fingerprint density at radius 3 is 2.50 bits per heavy atom. The molecule has 0 spiro atoms. The van der Waals surface area contributed by atoms with Crippen molar-refractivity contribution in [3.63, 3.8) is 0 Å². The van der Waals surface area contributed by atoms with Gasteiger partial charge in [-0.2, -0.15) is 0 Å². The fraction of sp³-hybridized carbons (Fsp3) is 0.333. The van der Waals surface area contributed by atoms with Gasteiger partial charge < -0.3 is 0 Å². The molecule has 0 aromatic heterocycles. The third kappa shape index (κ3) is 1.93. The number of hydrogen-bond donors (Lipinski definition) is 1. The van der Waals surface area contributed by atoms with Crippen LogP contribution < -0.4 is 4.72 Å². The van der Waals surface area contributed by atoms with Gasteiger partial charge in [0.2, 0.25) is 10.0 Å². The third-order valence-electron chi connectivity index (χ3n) is 2.03. The van der Waals surface area contributed by atoms with E-state index in [1.807, 2.05) is 0 Å². The zero-order valence-corrected chi connectivity index (χ0v) is 8.22. The van der Waals surface area contributed by atoms with Crippen LogP contribution in [0.2, 0.25) is 0 Å². The van der Waals surface area contributed by atoms with Crippen molar-refractivity contribution in [1.29, 1.82) is 0 Å². The Bertz CT molecular complexity index is 440. The summed E-state index contributed by atoms with van der Waals surface area (Å²) in [5, 5.41) is 0. The summed E-state index contributed by atoms with van der Waals surface area (Å²) in [6.07, 6.45) is 1.68. The highest BCUT2D eigenvalue weighted by Gasteiger charge is 2.29. The van der Waals surface area contributed by atoms with Crippen molar-refractivity contribution in [2.45, 2.75) is 23.8 Å². The molecule has 0 unspecified atom stereocenters. The number of sulfonamides is 1. The van der Waals surface area contributed by atoms with Crippen LogP contribution in [-0.4, -0.2) is 14.5 Å². The Labute approximate surface area is 82.0 Å². The molecule has 0 saturated heterocycles. The lowest BCUT2D eigenvalue weighted by atomic mass is 10.4. The highest BCUT2D eigenvalue weighted by molar-refractivity contribution is 7.89. The standard InChI is InChI=1S/C9H10FNO2S/c10-8-3-1-2-4-9(8)14(12,13)11-7-5-6-7/h1-4,7,11H,5-6H2. The topological polar surface area (TPSA) is 46.2 Å². The molecular formula is C9H10FNO2S. The summed E-state index contributed by atoms with van der Waals surface area (Å²) in [7, 11) is -3.65. The van der Waals surface area contributed by atoms with Gasteiger partial charge in [-0.1, -0.05) is 12.1 Å². The molecule has 1 aromatic carbocycles. The predicted octanol–water partition coefficient (Wildman–Crippen LogP) is 1.27. The van der Waals surface area contributed by atoms with Gasteiger partial charge >= 0.3 is 0 Å². The van der Waals surface area contributed by atoms with E-state index in [0.717, 1.165) is 18.9 Å². The highest BCUT2D eigenvalue weighted by Crippen LogP contribution is 2.22. The minimum atomic E-state index is -3.65. The molecule has 1 saturated carbocycles. The van der Waals surface area contributed by atoms with E-state index in [-0.39, 0.29) is 10.9 Å². The Kier molecular flexibility index (Phi) is 2.28. The molecule has 76 valence electrons. The molecule has 0 heterocycles. The lowest BCUT2D eigenvalue weighted by Gasteiger charge is -2.05. The van der Waals surface area contributed by atoms with Gasteiger partial charge in [0.15, 0.2) is 0 Å². The van der Waals surface area contributed by atoms with Gasteiger partial charge in [0.05, 0.1) is 0 Å². The quantitative estimate of drug-likeness (QED) is 0.825. The molecule has 0 radical (unpaired) electrons. The summed E-state index contributed by atoms with van der Waals surface area (Å²) in [6.45, 7) is 0. The maximum atomic E-state index is 13.1. The average molecular weight is 215 g/mol. The second-order valence-electron chi connectivity index (χ2n) is 3.33. The van der Waals surface area contributed by atoms with Crippen LogP contribution in [-0.2, 0) is 10.0 Å². The third-order valence-corrected chi connectivity index (χ3v) is 3.58. The van der Waals surface area contributed by atoms with Crippen LogP contribution in [0.1, 0.15) is 12.8 Å². The van der Waals surface area contributed by atoms with Gasteiger partial charge in [-0.25, -0.2) is 17.5 Å². The van der Waals surface area contributed by atoms with Crippen molar-refractivity contribution in [3.8, 4) is 0 Å². The van der Waals surface area contributed by atoms with Crippen molar-refractivity contribution in [3.05, 3.63) is 30.1 Å². The number of nitrogens with one attached hydrogen (secondary N) is 1. The summed E-state index contributed by atoms with van der Waals surface area (Å²) >= 11 is 0. The zero-order valence-electron chi connectivity index (χ0n) is 7.40. The van der Waals surface area contributed by atoms with Crippen molar-refractivity contribution in [2.75, 3.05) is 0 Å². The van der Waals surface area contributed by atoms with Crippen LogP contribution >= 0.6 is 0 Å². The van der Waals surface area contributed by atoms with Crippen LogP contribution in [0.5, 0.6) is 0 Å². The monoisotopic (exact) mass is 215 g/mol. The van der Waals surface area contributed by atoms with Crippen LogP contribution in [0.15, 0.2) is 29.2 Å². The molecule has 14 heavy (non-hydrogen) atoms. The average Bonchev–Trinajstić information content (AvgIpc) is 2.88. The van der Waals surface area contributed by atoms with Crippen molar-refractivity contribution >= 4 is 10.0 Å². The van der Waals surface area contributed by atoms with Gasteiger partial charge in [0, 0.05) is 6.04 Å². The maximum Gasteiger partial charge on any atom is 0.243 e. The van der Waals surface area contributed by atoms with E-state index < -0.39 is 15.8 Å². The Hall–Kier alpha value is -0.940. The van der Waals surface area contributed by atoms with E-state index in [4.69, 9.17) is 0 Å². The summed E-state index contributed by atoms with van der Waals surface area (Å²) in [6, 6.07) is 5.37. The normalized spacial score (nSPS) is 16.9. The number of benzene rings is 1. The van der Waals surface area contributed by atoms with Crippen LogP contribution in [0, 0.1) is 5.82 Å².